The first kappa shape index (κ1) is 15.0. The van der Waals surface area contributed by atoms with Crippen molar-refractivity contribution < 1.29 is 4.79 Å². The van der Waals surface area contributed by atoms with Crippen molar-refractivity contribution >= 4 is 5.91 Å². The van der Waals surface area contributed by atoms with Crippen LogP contribution in [0.1, 0.15) is 52.2 Å². The van der Waals surface area contributed by atoms with E-state index in [9.17, 15) is 4.79 Å². The van der Waals surface area contributed by atoms with Crippen LogP contribution in [0.15, 0.2) is 0 Å². The Morgan fingerprint density at radius 2 is 2.10 bits per heavy atom. The molecule has 1 aliphatic heterocycles. The molecule has 6 heteroatoms. The molecule has 0 saturated carbocycles. The minimum atomic E-state index is -0.245. The summed E-state index contributed by atoms with van der Waals surface area (Å²) < 4.78 is 2.17. The van der Waals surface area contributed by atoms with Crippen LogP contribution in [0.3, 0.4) is 0 Å². The SMILES string of the molecule is CC(NCc1nnc2n1CCCC2)C(=O)NC(C)(C)C. The van der Waals surface area contributed by atoms with E-state index in [1.165, 1.54) is 12.8 Å². The fourth-order valence-electron chi connectivity index (χ4n) is 2.31. The number of hydrogen-bond donors (Lipinski definition) is 2. The molecule has 1 aromatic rings. The third-order valence-corrected chi connectivity index (χ3v) is 3.39. The lowest BCUT2D eigenvalue weighted by Crippen LogP contribution is -2.49. The highest BCUT2D eigenvalue weighted by atomic mass is 16.2. The Kier molecular flexibility index (Phi) is 4.42. The third kappa shape index (κ3) is 3.79. The monoisotopic (exact) mass is 279 g/mol. The van der Waals surface area contributed by atoms with E-state index in [4.69, 9.17) is 0 Å². The number of fused-ring (bicyclic) bond motifs is 1. The van der Waals surface area contributed by atoms with Crippen LogP contribution in [0.2, 0.25) is 0 Å². The van der Waals surface area contributed by atoms with Gasteiger partial charge < -0.3 is 9.88 Å². The summed E-state index contributed by atoms with van der Waals surface area (Å²) in [4.78, 5) is 12.0. The van der Waals surface area contributed by atoms with Gasteiger partial charge in [0.15, 0.2) is 0 Å². The highest BCUT2D eigenvalue weighted by Crippen LogP contribution is 2.14. The van der Waals surface area contributed by atoms with Crippen LogP contribution in [0.4, 0.5) is 0 Å². The molecular formula is C14H25N5O. The highest BCUT2D eigenvalue weighted by Gasteiger charge is 2.20. The molecule has 1 aromatic heterocycles. The Morgan fingerprint density at radius 1 is 1.35 bits per heavy atom. The first-order valence-corrected chi connectivity index (χ1v) is 7.33. The molecular weight excluding hydrogens is 254 g/mol. The van der Waals surface area contributed by atoms with Crippen LogP contribution in [0.25, 0.3) is 0 Å². The van der Waals surface area contributed by atoms with Crippen LogP contribution < -0.4 is 10.6 Å². The average molecular weight is 279 g/mol. The van der Waals surface area contributed by atoms with Gasteiger partial charge in [-0.1, -0.05) is 0 Å². The summed E-state index contributed by atoms with van der Waals surface area (Å²) in [5.41, 5.74) is -0.207. The molecule has 0 saturated heterocycles. The molecule has 0 fully saturated rings. The number of nitrogens with zero attached hydrogens (tertiary/aromatic N) is 3. The lowest BCUT2D eigenvalue weighted by Gasteiger charge is -2.23. The Morgan fingerprint density at radius 3 is 2.80 bits per heavy atom. The summed E-state index contributed by atoms with van der Waals surface area (Å²) in [6.45, 7) is 9.37. The molecule has 0 aliphatic carbocycles. The molecule has 2 N–H and O–H groups in total. The second-order valence-electron chi connectivity index (χ2n) is 6.48. The van der Waals surface area contributed by atoms with E-state index in [1.807, 2.05) is 27.7 Å². The van der Waals surface area contributed by atoms with Gasteiger partial charge in [-0.2, -0.15) is 0 Å². The smallest absolute Gasteiger partial charge is 0.237 e. The fourth-order valence-corrected chi connectivity index (χ4v) is 2.31. The zero-order valence-electron chi connectivity index (χ0n) is 12.9. The summed E-state index contributed by atoms with van der Waals surface area (Å²) in [5.74, 6) is 2.01. The van der Waals surface area contributed by atoms with Gasteiger partial charge in [-0.15, -0.1) is 10.2 Å². The number of amides is 1. The maximum atomic E-state index is 12.0. The Bertz CT molecular complexity index is 474. The largest absolute Gasteiger partial charge is 0.350 e. The normalized spacial score (nSPS) is 16.6. The van der Waals surface area contributed by atoms with Crippen molar-refractivity contribution in [3.8, 4) is 0 Å². The molecule has 0 aromatic carbocycles. The predicted octanol–water partition coefficient (Wildman–Crippen LogP) is 1.01. The molecule has 20 heavy (non-hydrogen) atoms. The van der Waals surface area contributed by atoms with Crippen LogP contribution >= 0.6 is 0 Å². The van der Waals surface area contributed by atoms with Gasteiger partial charge in [-0.05, 0) is 40.5 Å². The van der Waals surface area contributed by atoms with Crippen molar-refractivity contribution in [3.05, 3.63) is 11.6 Å². The van der Waals surface area contributed by atoms with Crippen molar-refractivity contribution in [1.29, 1.82) is 0 Å². The van der Waals surface area contributed by atoms with Crippen LogP contribution in [-0.2, 0) is 24.3 Å². The number of rotatable bonds is 4. The third-order valence-electron chi connectivity index (χ3n) is 3.39. The lowest BCUT2D eigenvalue weighted by molar-refractivity contribution is -0.124. The lowest BCUT2D eigenvalue weighted by atomic mass is 10.1. The average Bonchev–Trinajstić information content (AvgIpc) is 2.77. The summed E-state index contributed by atoms with van der Waals surface area (Å²) in [6.07, 6.45) is 3.38. The maximum absolute atomic E-state index is 12.0. The molecule has 1 unspecified atom stereocenters. The quantitative estimate of drug-likeness (QED) is 0.863. The molecule has 6 nitrogen and oxygen atoms in total. The molecule has 1 aliphatic rings. The van der Waals surface area contributed by atoms with Gasteiger partial charge >= 0.3 is 0 Å². The molecule has 2 rings (SSSR count). The summed E-state index contributed by atoms with van der Waals surface area (Å²) >= 11 is 0. The number of carbonyl (C=O) groups is 1. The van der Waals surface area contributed by atoms with E-state index in [0.29, 0.717) is 6.54 Å². The van der Waals surface area contributed by atoms with E-state index < -0.39 is 0 Å². The second kappa shape index (κ2) is 5.91. The first-order valence-electron chi connectivity index (χ1n) is 7.33. The molecule has 0 spiro atoms. The minimum absolute atomic E-state index is 0.0101. The Labute approximate surface area is 120 Å². The predicted molar refractivity (Wildman–Crippen MR) is 77.2 cm³/mol. The van der Waals surface area contributed by atoms with Gasteiger partial charge in [0.1, 0.15) is 11.6 Å². The van der Waals surface area contributed by atoms with E-state index in [0.717, 1.165) is 24.6 Å². The topological polar surface area (TPSA) is 71.8 Å². The number of aryl methyl sites for hydroxylation is 1. The van der Waals surface area contributed by atoms with Gasteiger partial charge in [0.05, 0.1) is 12.6 Å². The molecule has 0 bridgehead atoms. The summed E-state index contributed by atoms with van der Waals surface area (Å²) in [7, 11) is 0. The zero-order valence-corrected chi connectivity index (χ0v) is 12.9. The van der Waals surface area contributed by atoms with Crippen molar-refractivity contribution in [2.24, 2.45) is 0 Å². The fraction of sp³-hybridized carbons (Fsp3) is 0.786. The first-order chi connectivity index (χ1) is 9.37. The van der Waals surface area contributed by atoms with Crippen LogP contribution in [0.5, 0.6) is 0 Å². The van der Waals surface area contributed by atoms with Crippen molar-refractivity contribution in [2.75, 3.05) is 0 Å². The Hall–Kier alpha value is -1.43. The van der Waals surface area contributed by atoms with Gasteiger partial charge in [0.2, 0.25) is 5.91 Å². The van der Waals surface area contributed by atoms with E-state index in [-0.39, 0.29) is 17.5 Å². The zero-order chi connectivity index (χ0) is 14.8. The summed E-state index contributed by atoms with van der Waals surface area (Å²) in [5, 5.41) is 14.6. The molecule has 1 amide bonds. The van der Waals surface area contributed by atoms with E-state index in [1.54, 1.807) is 0 Å². The van der Waals surface area contributed by atoms with Crippen molar-refractivity contribution in [3.63, 3.8) is 0 Å². The van der Waals surface area contributed by atoms with E-state index >= 15 is 0 Å². The van der Waals surface area contributed by atoms with Gasteiger partial charge in [-0.25, -0.2) is 0 Å². The van der Waals surface area contributed by atoms with Gasteiger partial charge in [0, 0.05) is 18.5 Å². The van der Waals surface area contributed by atoms with Crippen molar-refractivity contribution in [1.82, 2.24) is 25.4 Å². The van der Waals surface area contributed by atoms with Crippen molar-refractivity contribution in [2.45, 2.75) is 71.6 Å². The van der Waals surface area contributed by atoms with Crippen LogP contribution in [-0.4, -0.2) is 32.3 Å². The molecule has 1 atom stereocenters. The minimum Gasteiger partial charge on any atom is -0.350 e. The number of hydrogen-bond acceptors (Lipinski definition) is 4. The molecule has 0 radical (unpaired) electrons. The van der Waals surface area contributed by atoms with E-state index in [2.05, 4.69) is 25.4 Å². The highest BCUT2D eigenvalue weighted by molar-refractivity contribution is 5.81. The maximum Gasteiger partial charge on any atom is 0.237 e. The molecule has 2 heterocycles. The standard InChI is InChI=1S/C14H25N5O/c1-10(13(20)16-14(2,3)4)15-9-12-18-17-11-7-5-6-8-19(11)12/h10,15H,5-9H2,1-4H3,(H,16,20). The second-order valence-corrected chi connectivity index (χ2v) is 6.48. The van der Waals surface area contributed by atoms with Gasteiger partial charge in [-0.3, -0.25) is 10.1 Å². The molecule has 112 valence electrons. The van der Waals surface area contributed by atoms with Crippen LogP contribution in [0, 0.1) is 0 Å². The number of nitrogens with one attached hydrogen (secondary N) is 2. The number of carbonyl (C=O) groups excluding carboxylic acids is 1. The summed E-state index contributed by atoms with van der Waals surface area (Å²) in [6, 6.07) is -0.245. The van der Waals surface area contributed by atoms with Gasteiger partial charge in [0.25, 0.3) is 0 Å². The number of aromatic nitrogens is 3. The Balaban J connectivity index is 1.89.